The van der Waals surface area contributed by atoms with E-state index in [1.165, 1.54) is 11.1 Å². The van der Waals surface area contributed by atoms with Gasteiger partial charge >= 0.3 is 0 Å². The fraction of sp³-hybridized carbons (Fsp3) is 0.545. The minimum atomic E-state index is 0.411. The molecule has 1 heterocycles. The van der Waals surface area contributed by atoms with Crippen LogP contribution >= 0.6 is 0 Å². The molecule has 154 valence electrons. The van der Waals surface area contributed by atoms with Gasteiger partial charge in [0.15, 0.2) is 5.96 Å². The van der Waals surface area contributed by atoms with Gasteiger partial charge in [0, 0.05) is 45.5 Å². The molecule has 6 nitrogen and oxygen atoms in total. The molecule has 2 rings (SSSR count). The van der Waals surface area contributed by atoms with Gasteiger partial charge in [0.25, 0.3) is 0 Å². The van der Waals surface area contributed by atoms with Gasteiger partial charge in [-0.25, -0.2) is 0 Å². The fourth-order valence-corrected chi connectivity index (χ4v) is 3.22. The highest BCUT2D eigenvalue weighted by atomic mass is 16.5. The average Bonchev–Trinajstić information content (AvgIpc) is 3.05. The van der Waals surface area contributed by atoms with Gasteiger partial charge in [-0.2, -0.15) is 5.10 Å². The van der Waals surface area contributed by atoms with Gasteiger partial charge in [0.2, 0.25) is 0 Å². The second-order valence-electron chi connectivity index (χ2n) is 7.41. The lowest BCUT2D eigenvalue weighted by Crippen LogP contribution is -2.38. The van der Waals surface area contributed by atoms with Crippen molar-refractivity contribution in [3.63, 3.8) is 0 Å². The molecule has 0 aliphatic carbocycles. The number of aliphatic imine (C=N–C) groups is 1. The standard InChI is InChI=1S/C22H35N5O/c1-7-23-22(24-14-8-9-18-10-12-20(28-6)13-11-18)26(4)15-19-16-27(5)25-21(19)17(2)3/h10-13,16-17H,7-9,14-15H2,1-6H3,(H,23,24). The lowest BCUT2D eigenvalue weighted by Gasteiger charge is -2.22. The fourth-order valence-electron chi connectivity index (χ4n) is 3.22. The van der Waals surface area contributed by atoms with Crippen LogP contribution in [0, 0.1) is 0 Å². The van der Waals surface area contributed by atoms with Crippen LogP contribution in [0.3, 0.4) is 0 Å². The Balaban J connectivity index is 1.94. The summed E-state index contributed by atoms with van der Waals surface area (Å²) in [5.74, 6) is 2.25. The van der Waals surface area contributed by atoms with Crippen LogP contribution in [0.25, 0.3) is 0 Å². The molecule has 0 atom stereocenters. The first-order valence-electron chi connectivity index (χ1n) is 10.1. The van der Waals surface area contributed by atoms with E-state index >= 15 is 0 Å². The average molecular weight is 386 g/mol. The predicted octanol–water partition coefficient (Wildman–Crippen LogP) is 3.58. The number of ether oxygens (including phenoxy) is 1. The Morgan fingerprint density at radius 3 is 2.61 bits per heavy atom. The maximum absolute atomic E-state index is 5.21. The van der Waals surface area contributed by atoms with E-state index in [4.69, 9.17) is 9.73 Å². The Morgan fingerprint density at radius 1 is 1.29 bits per heavy atom. The van der Waals surface area contributed by atoms with Crippen molar-refractivity contribution in [2.45, 2.75) is 46.1 Å². The first-order valence-corrected chi connectivity index (χ1v) is 10.1. The summed E-state index contributed by atoms with van der Waals surface area (Å²) in [4.78, 5) is 7.00. The van der Waals surface area contributed by atoms with Crippen molar-refractivity contribution in [1.82, 2.24) is 20.0 Å². The smallest absolute Gasteiger partial charge is 0.193 e. The molecular weight excluding hydrogens is 350 g/mol. The largest absolute Gasteiger partial charge is 0.497 e. The molecule has 1 N–H and O–H groups in total. The Bertz CT molecular complexity index is 749. The summed E-state index contributed by atoms with van der Waals surface area (Å²) >= 11 is 0. The molecule has 1 aromatic heterocycles. The summed E-state index contributed by atoms with van der Waals surface area (Å²) in [5, 5.41) is 8.01. The number of methoxy groups -OCH3 is 1. The number of nitrogens with zero attached hydrogens (tertiary/aromatic N) is 4. The van der Waals surface area contributed by atoms with Crippen LogP contribution in [0.5, 0.6) is 5.75 Å². The Kier molecular flexibility index (Phi) is 8.36. The summed E-state index contributed by atoms with van der Waals surface area (Å²) in [6.07, 6.45) is 4.13. The molecule has 0 fully saturated rings. The van der Waals surface area contributed by atoms with Crippen molar-refractivity contribution in [2.75, 3.05) is 27.2 Å². The van der Waals surface area contributed by atoms with Crippen LogP contribution in [0.4, 0.5) is 0 Å². The third-order valence-electron chi connectivity index (χ3n) is 4.63. The molecule has 0 bridgehead atoms. The Labute approximate surface area is 169 Å². The number of guanidine groups is 1. The zero-order chi connectivity index (χ0) is 20.5. The summed E-state index contributed by atoms with van der Waals surface area (Å²) in [7, 11) is 5.76. The van der Waals surface area contributed by atoms with E-state index in [0.717, 1.165) is 49.9 Å². The van der Waals surface area contributed by atoms with E-state index in [1.807, 2.05) is 23.9 Å². The van der Waals surface area contributed by atoms with Crippen molar-refractivity contribution in [3.05, 3.63) is 47.3 Å². The van der Waals surface area contributed by atoms with Crippen molar-refractivity contribution in [1.29, 1.82) is 0 Å². The molecular formula is C22H35N5O. The zero-order valence-corrected chi connectivity index (χ0v) is 18.2. The van der Waals surface area contributed by atoms with E-state index in [-0.39, 0.29) is 0 Å². The quantitative estimate of drug-likeness (QED) is 0.407. The van der Waals surface area contributed by atoms with Gasteiger partial charge in [-0.3, -0.25) is 9.67 Å². The summed E-state index contributed by atoms with van der Waals surface area (Å²) in [6, 6.07) is 8.26. The molecule has 0 amide bonds. The summed E-state index contributed by atoms with van der Waals surface area (Å²) in [5.41, 5.74) is 3.72. The van der Waals surface area contributed by atoms with Crippen LogP contribution in [0.2, 0.25) is 0 Å². The molecule has 0 spiro atoms. The minimum absolute atomic E-state index is 0.411. The van der Waals surface area contributed by atoms with E-state index in [1.54, 1.807) is 7.11 Å². The third kappa shape index (κ3) is 6.29. The number of aromatic nitrogens is 2. The van der Waals surface area contributed by atoms with E-state index in [9.17, 15) is 0 Å². The third-order valence-corrected chi connectivity index (χ3v) is 4.63. The van der Waals surface area contributed by atoms with Gasteiger partial charge in [-0.1, -0.05) is 26.0 Å². The van der Waals surface area contributed by atoms with Crippen LogP contribution in [-0.2, 0) is 20.0 Å². The van der Waals surface area contributed by atoms with Gasteiger partial charge in [0.1, 0.15) is 5.75 Å². The highest BCUT2D eigenvalue weighted by molar-refractivity contribution is 5.79. The number of aryl methyl sites for hydroxylation is 2. The van der Waals surface area contributed by atoms with Gasteiger partial charge in [0.05, 0.1) is 12.8 Å². The number of hydrogen-bond donors (Lipinski definition) is 1. The lowest BCUT2D eigenvalue weighted by atomic mass is 10.1. The van der Waals surface area contributed by atoms with Gasteiger partial charge in [-0.05, 0) is 43.4 Å². The summed E-state index contributed by atoms with van der Waals surface area (Å²) < 4.78 is 7.11. The molecule has 0 aliphatic heterocycles. The van der Waals surface area contributed by atoms with Crippen LogP contribution in [-0.4, -0.2) is 47.9 Å². The second kappa shape index (κ2) is 10.7. The molecule has 0 radical (unpaired) electrons. The molecule has 1 aromatic carbocycles. The molecule has 0 aliphatic rings. The Morgan fingerprint density at radius 2 is 2.00 bits per heavy atom. The van der Waals surface area contributed by atoms with Crippen LogP contribution < -0.4 is 10.1 Å². The number of rotatable bonds is 9. The SMILES string of the molecule is CCNC(=NCCCc1ccc(OC)cc1)N(C)Cc1cn(C)nc1C(C)C. The van der Waals surface area contributed by atoms with E-state index in [2.05, 4.69) is 61.5 Å². The first-order chi connectivity index (χ1) is 13.4. The highest BCUT2D eigenvalue weighted by Crippen LogP contribution is 2.18. The molecule has 2 aromatic rings. The van der Waals surface area contributed by atoms with Crippen molar-refractivity contribution >= 4 is 5.96 Å². The maximum atomic E-state index is 5.21. The van der Waals surface area contributed by atoms with Crippen LogP contribution in [0.1, 0.15) is 49.9 Å². The molecule has 0 saturated carbocycles. The normalized spacial score (nSPS) is 11.8. The van der Waals surface area contributed by atoms with Gasteiger partial charge < -0.3 is 15.0 Å². The maximum Gasteiger partial charge on any atom is 0.193 e. The predicted molar refractivity (Wildman–Crippen MR) is 116 cm³/mol. The van der Waals surface area contributed by atoms with E-state index < -0.39 is 0 Å². The molecule has 28 heavy (non-hydrogen) atoms. The van der Waals surface area contributed by atoms with Crippen molar-refractivity contribution in [3.8, 4) is 5.75 Å². The monoisotopic (exact) mass is 385 g/mol. The number of hydrogen-bond acceptors (Lipinski definition) is 3. The molecule has 0 unspecified atom stereocenters. The Hall–Kier alpha value is -2.50. The second-order valence-corrected chi connectivity index (χ2v) is 7.41. The highest BCUT2D eigenvalue weighted by Gasteiger charge is 2.15. The van der Waals surface area contributed by atoms with E-state index in [0.29, 0.717) is 5.92 Å². The molecule has 6 heteroatoms. The number of benzene rings is 1. The van der Waals surface area contributed by atoms with Crippen molar-refractivity contribution < 1.29 is 4.74 Å². The topological polar surface area (TPSA) is 54.7 Å². The number of nitrogens with one attached hydrogen (secondary N) is 1. The van der Waals surface area contributed by atoms with Gasteiger partial charge in [-0.15, -0.1) is 0 Å². The summed E-state index contributed by atoms with van der Waals surface area (Å²) in [6.45, 7) is 8.92. The van der Waals surface area contributed by atoms with Crippen LogP contribution in [0.15, 0.2) is 35.5 Å². The molecule has 0 saturated heterocycles. The van der Waals surface area contributed by atoms with Crippen molar-refractivity contribution in [2.24, 2.45) is 12.0 Å². The minimum Gasteiger partial charge on any atom is -0.497 e. The lowest BCUT2D eigenvalue weighted by molar-refractivity contribution is 0.414. The first kappa shape index (κ1) is 21.8. The zero-order valence-electron chi connectivity index (χ0n) is 18.2.